The number of nitrogens with one attached hydrogen (secondary N) is 1. The quantitative estimate of drug-likeness (QED) is 0.477. The summed E-state index contributed by atoms with van der Waals surface area (Å²) in [4.78, 5) is 38.7. The van der Waals surface area contributed by atoms with Gasteiger partial charge in [0.15, 0.2) is 0 Å². The van der Waals surface area contributed by atoms with Crippen molar-refractivity contribution >= 4 is 34.0 Å². The van der Waals surface area contributed by atoms with Crippen LogP contribution in [0.3, 0.4) is 0 Å². The van der Waals surface area contributed by atoms with Crippen molar-refractivity contribution in [2.75, 3.05) is 26.2 Å². The molecule has 1 amide bonds. The molecule has 8 nitrogen and oxygen atoms in total. The zero-order valence-corrected chi connectivity index (χ0v) is 20.8. The molecule has 0 spiro atoms. The Morgan fingerprint density at radius 1 is 1.17 bits per heavy atom. The van der Waals surface area contributed by atoms with Crippen molar-refractivity contribution in [2.45, 2.75) is 33.2 Å². The zero-order chi connectivity index (χ0) is 24.7. The predicted octanol–water partition coefficient (Wildman–Crippen LogP) is 3.93. The fourth-order valence-corrected chi connectivity index (χ4v) is 4.89. The van der Waals surface area contributed by atoms with Crippen LogP contribution < -0.4 is 5.56 Å². The van der Waals surface area contributed by atoms with Gasteiger partial charge in [-0.25, -0.2) is 4.98 Å². The highest BCUT2D eigenvalue weighted by atomic mass is 16.2. The number of amides is 1. The Kier molecular flexibility index (Phi) is 6.06. The number of allylic oxidation sites excluding steroid dienone is 1. The molecular formula is C27H32N6O2. The lowest BCUT2D eigenvalue weighted by Gasteiger charge is -2.37. The molecule has 0 unspecified atom stereocenters. The molecule has 1 saturated heterocycles. The van der Waals surface area contributed by atoms with Gasteiger partial charge in [-0.3, -0.25) is 19.1 Å². The van der Waals surface area contributed by atoms with Crippen LogP contribution in [-0.4, -0.2) is 67.0 Å². The number of carbonyl (C=O) groups excluding carboxylic acids is 1. The van der Waals surface area contributed by atoms with Gasteiger partial charge in [0.1, 0.15) is 5.52 Å². The number of rotatable bonds is 5. The number of nitrogens with zero attached hydrogens (tertiary/aromatic N) is 5. The summed E-state index contributed by atoms with van der Waals surface area (Å²) in [5, 5.41) is 0.818. The smallest absolute Gasteiger partial charge is 0.278 e. The van der Waals surface area contributed by atoms with Crippen molar-refractivity contribution in [3.8, 4) is 11.1 Å². The van der Waals surface area contributed by atoms with Crippen molar-refractivity contribution < 1.29 is 4.79 Å². The molecule has 1 N–H and O–H groups in total. The van der Waals surface area contributed by atoms with Crippen LogP contribution in [0.5, 0.6) is 0 Å². The van der Waals surface area contributed by atoms with E-state index in [1.807, 2.05) is 53.9 Å². The van der Waals surface area contributed by atoms with E-state index in [4.69, 9.17) is 0 Å². The zero-order valence-electron chi connectivity index (χ0n) is 20.8. The number of piperazine rings is 1. The van der Waals surface area contributed by atoms with Crippen LogP contribution in [0, 0.1) is 0 Å². The Balaban J connectivity index is 1.65. The number of hydrogen-bond donors (Lipinski definition) is 1. The van der Waals surface area contributed by atoms with Crippen LogP contribution >= 0.6 is 0 Å². The normalized spacial score (nSPS) is 15.3. The summed E-state index contributed by atoms with van der Waals surface area (Å²) < 4.78 is 3.54. The van der Waals surface area contributed by atoms with E-state index in [1.54, 1.807) is 23.3 Å². The highest BCUT2D eigenvalue weighted by Crippen LogP contribution is 2.33. The maximum atomic E-state index is 13.6. The molecule has 0 radical (unpaired) electrons. The lowest BCUT2D eigenvalue weighted by molar-refractivity contribution is 0.0595. The molecule has 0 bridgehead atoms. The van der Waals surface area contributed by atoms with Crippen LogP contribution in [-0.2, 0) is 7.05 Å². The average molecular weight is 473 g/mol. The van der Waals surface area contributed by atoms with Gasteiger partial charge in [0.2, 0.25) is 0 Å². The van der Waals surface area contributed by atoms with Gasteiger partial charge in [0.25, 0.3) is 11.5 Å². The van der Waals surface area contributed by atoms with E-state index in [9.17, 15) is 9.59 Å². The Labute approximate surface area is 204 Å². The second-order valence-electron chi connectivity index (χ2n) is 9.48. The Hall–Kier alpha value is -3.65. The van der Waals surface area contributed by atoms with Crippen LogP contribution in [0.25, 0.3) is 39.3 Å². The van der Waals surface area contributed by atoms with Crippen molar-refractivity contribution in [2.24, 2.45) is 7.05 Å². The van der Waals surface area contributed by atoms with E-state index in [0.29, 0.717) is 30.2 Å². The molecule has 3 aromatic heterocycles. The number of carbonyl (C=O) groups is 1. The van der Waals surface area contributed by atoms with E-state index >= 15 is 0 Å². The average Bonchev–Trinajstić information content (AvgIpc) is 3.50. The van der Waals surface area contributed by atoms with Gasteiger partial charge in [0.05, 0.1) is 17.4 Å². The molecular weight excluding hydrogens is 440 g/mol. The molecule has 0 atom stereocenters. The summed E-state index contributed by atoms with van der Waals surface area (Å²) in [5.41, 5.74) is 4.47. The Bertz CT molecular complexity index is 1480. The van der Waals surface area contributed by atoms with Gasteiger partial charge < -0.3 is 14.5 Å². The molecule has 1 fully saturated rings. The van der Waals surface area contributed by atoms with Crippen molar-refractivity contribution in [1.29, 1.82) is 0 Å². The van der Waals surface area contributed by atoms with E-state index in [2.05, 4.69) is 28.7 Å². The first kappa shape index (κ1) is 23.1. The summed E-state index contributed by atoms with van der Waals surface area (Å²) in [6, 6.07) is 6.26. The predicted molar refractivity (Wildman–Crippen MR) is 141 cm³/mol. The molecule has 5 rings (SSSR count). The molecule has 1 aliphatic heterocycles. The van der Waals surface area contributed by atoms with Crippen LogP contribution in [0.1, 0.15) is 37.6 Å². The number of hydrogen-bond acceptors (Lipinski definition) is 4. The van der Waals surface area contributed by atoms with Crippen molar-refractivity contribution in [3.63, 3.8) is 0 Å². The summed E-state index contributed by atoms with van der Waals surface area (Å²) in [5.74, 6) is 0.0299. The molecule has 182 valence electrons. The number of aromatic nitrogens is 4. The lowest BCUT2D eigenvalue weighted by atomic mass is 9.99. The third-order valence-electron chi connectivity index (χ3n) is 6.95. The van der Waals surface area contributed by atoms with Gasteiger partial charge in [-0.15, -0.1) is 0 Å². The van der Waals surface area contributed by atoms with Gasteiger partial charge in [-0.2, -0.15) is 0 Å². The van der Waals surface area contributed by atoms with E-state index in [0.717, 1.165) is 47.1 Å². The molecule has 0 saturated carbocycles. The Morgan fingerprint density at radius 3 is 2.66 bits per heavy atom. The third kappa shape index (κ3) is 4.08. The Morgan fingerprint density at radius 2 is 1.94 bits per heavy atom. The first-order chi connectivity index (χ1) is 16.9. The van der Waals surface area contributed by atoms with E-state index in [-0.39, 0.29) is 11.5 Å². The van der Waals surface area contributed by atoms with Crippen LogP contribution in [0.15, 0.2) is 47.8 Å². The first-order valence-corrected chi connectivity index (χ1v) is 12.3. The number of benzene rings is 1. The molecule has 4 heterocycles. The van der Waals surface area contributed by atoms with E-state index in [1.165, 1.54) is 0 Å². The molecule has 1 aromatic carbocycles. The summed E-state index contributed by atoms with van der Waals surface area (Å²) >= 11 is 0. The fraction of sp³-hybridized carbons (Fsp3) is 0.370. The molecule has 1 aliphatic rings. The van der Waals surface area contributed by atoms with Gasteiger partial charge in [0, 0.05) is 79.9 Å². The van der Waals surface area contributed by atoms with Crippen LogP contribution in [0.4, 0.5) is 0 Å². The maximum Gasteiger partial charge on any atom is 0.278 e. The molecule has 35 heavy (non-hydrogen) atoms. The molecule has 0 aliphatic carbocycles. The molecule has 4 aromatic rings. The second kappa shape index (κ2) is 9.19. The molecule has 8 heteroatoms. The standard InChI is InChI=1S/C27H32N6O2/c1-5-6-9-33-16-22(20-7-8-28-25(20)27(33)35)21-14-19(15-23-24(21)29-17-30(23)4)26(34)32-12-10-31(11-13-32)18(2)3/h6-9,14-18,28H,5,10-13H2,1-4H3/b9-6+. The fourth-order valence-electron chi connectivity index (χ4n) is 4.89. The number of pyridine rings is 1. The summed E-state index contributed by atoms with van der Waals surface area (Å²) in [7, 11) is 1.94. The number of aromatic amines is 1. The van der Waals surface area contributed by atoms with E-state index < -0.39 is 0 Å². The number of fused-ring (bicyclic) bond motifs is 2. The number of imidazole rings is 1. The second-order valence-corrected chi connectivity index (χ2v) is 9.48. The van der Waals surface area contributed by atoms with Gasteiger partial charge >= 0.3 is 0 Å². The topological polar surface area (TPSA) is 79.2 Å². The van der Waals surface area contributed by atoms with Gasteiger partial charge in [-0.1, -0.05) is 13.0 Å². The van der Waals surface area contributed by atoms with Crippen molar-refractivity contribution in [3.05, 3.63) is 58.9 Å². The highest BCUT2D eigenvalue weighted by molar-refractivity contribution is 6.06. The summed E-state index contributed by atoms with van der Waals surface area (Å²) in [6.45, 7) is 9.60. The largest absolute Gasteiger partial charge is 0.357 e. The minimum Gasteiger partial charge on any atom is -0.357 e. The van der Waals surface area contributed by atoms with Gasteiger partial charge in [-0.05, 0) is 38.5 Å². The summed E-state index contributed by atoms with van der Waals surface area (Å²) in [6.07, 6.45) is 9.97. The van der Waals surface area contributed by atoms with Crippen LogP contribution in [0.2, 0.25) is 0 Å². The lowest BCUT2D eigenvalue weighted by Crippen LogP contribution is -2.50. The first-order valence-electron chi connectivity index (χ1n) is 12.3. The minimum atomic E-state index is -0.106. The monoisotopic (exact) mass is 472 g/mol. The maximum absolute atomic E-state index is 13.6. The number of aryl methyl sites for hydroxylation is 1. The third-order valence-corrected chi connectivity index (χ3v) is 6.95. The number of H-pyrrole nitrogens is 1. The van der Waals surface area contributed by atoms with Crippen molar-refractivity contribution in [1.82, 2.24) is 28.9 Å². The highest BCUT2D eigenvalue weighted by Gasteiger charge is 2.25. The minimum absolute atomic E-state index is 0.0299. The SMILES string of the molecule is CC/C=C/n1cc(-c2cc(C(=O)N3CCN(C(C)C)CC3)cc3c2ncn3C)c2cc[nH]c2c1=O.